The van der Waals surface area contributed by atoms with E-state index in [9.17, 15) is 4.79 Å². The van der Waals surface area contributed by atoms with Gasteiger partial charge in [0.25, 0.3) is 0 Å². The number of likely N-dealkylation sites (N-methyl/N-ethyl adjacent to an activating group) is 1. The van der Waals surface area contributed by atoms with Crippen LogP contribution in [0.2, 0.25) is 0 Å². The molecule has 2 aromatic heterocycles. The van der Waals surface area contributed by atoms with Gasteiger partial charge in [-0.2, -0.15) is 0 Å². The van der Waals surface area contributed by atoms with Crippen LogP contribution in [0.3, 0.4) is 0 Å². The summed E-state index contributed by atoms with van der Waals surface area (Å²) < 4.78 is 6.61. The molecule has 0 aliphatic rings. The van der Waals surface area contributed by atoms with Crippen LogP contribution in [0.1, 0.15) is 6.92 Å². The number of hydrogen-bond donors (Lipinski definition) is 0. The number of pyridine rings is 1. The second-order valence-electron chi connectivity index (χ2n) is 3.95. The molecule has 0 bridgehead atoms. The number of aryl methyl sites for hydroxylation is 1. The molecule has 0 atom stereocenters. The van der Waals surface area contributed by atoms with Crippen LogP contribution in [-0.4, -0.2) is 40.7 Å². The van der Waals surface area contributed by atoms with E-state index < -0.39 is 0 Å². The summed E-state index contributed by atoms with van der Waals surface area (Å²) >= 11 is 0. The van der Waals surface area contributed by atoms with E-state index >= 15 is 0 Å². The van der Waals surface area contributed by atoms with Gasteiger partial charge in [-0.1, -0.05) is 0 Å². The Kier molecular flexibility index (Phi) is 3.45. The van der Waals surface area contributed by atoms with Crippen LogP contribution in [0.5, 0.6) is 0 Å². The summed E-state index contributed by atoms with van der Waals surface area (Å²) in [6.07, 6.45) is 3.46. The number of nitrogens with zero attached hydrogens (tertiary/aromatic N) is 4. The van der Waals surface area contributed by atoms with Gasteiger partial charge in [0.05, 0.1) is 19.0 Å². The van der Waals surface area contributed by atoms with Crippen LogP contribution >= 0.6 is 0 Å². The molecule has 0 fully saturated rings. The van der Waals surface area contributed by atoms with Crippen LogP contribution in [0, 0.1) is 0 Å². The Bertz CT molecular complexity index is 564. The van der Waals surface area contributed by atoms with Crippen molar-refractivity contribution in [3.05, 3.63) is 18.6 Å². The van der Waals surface area contributed by atoms with Gasteiger partial charge in [-0.3, -0.25) is 4.79 Å². The van der Waals surface area contributed by atoms with E-state index in [2.05, 4.69) is 14.7 Å². The zero-order valence-corrected chi connectivity index (χ0v) is 10.8. The first kappa shape index (κ1) is 12.3. The van der Waals surface area contributed by atoms with Gasteiger partial charge in [0.15, 0.2) is 5.82 Å². The monoisotopic (exact) mass is 248 g/mol. The smallest absolute Gasteiger partial charge is 0.325 e. The number of ether oxygens (including phenoxy) is 1. The van der Waals surface area contributed by atoms with Crippen LogP contribution in [-0.2, 0) is 16.6 Å². The maximum absolute atomic E-state index is 11.4. The van der Waals surface area contributed by atoms with Crippen LogP contribution < -0.4 is 4.90 Å². The van der Waals surface area contributed by atoms with E-state index in [0.29, 0.717) is 12.4 Å². The number of rotatable bonds is 4. The number of hydrogen-bond acceptors (Lipinski definition) is 5. The standard InChI is InChI=1S/C12H16N4O2/c1-4-16(7-10(17)18-3)12-11-9(5-6-13-12)15(2)8-14-11/h5-6,8H,4,7H2,1-3H3. The van der Waals surface area contributed by atoms with Crippen molar-refractivity contribution in [1.29, 1.82) is 0 Å². The van der Waals surface area contributed by atoms with Gasteiger partial charge in [0.1, 0.15) is 12.1 Å². The van der Waals surface area contributed by atoms with Gasteiger partial charge in [0, 0.05) is 19.8 Å². The Labute approximate surface area is 105 Å². The fourth-order valence-electron chi connectivity index (χ4n) is 1.84. The highest BCUT2D eigenvalue weighted by Crippen LogP contribution is 2.22. The van der Waals surface area contributed by atoms with E-state index in [1.54, 1.807) is 12.5 Å². The van der Waals surface area contributed by atoms with Crippen molar-refractivity contribution in [3.63, 3.8) is 0 Å². The molecule has 6 heteroatoms. The molecule has 0 N–H and O–H groups in total. The maximum atomic E-state index is 11.4. The van der Waals surface area contributed by atoms with E-state index in [1.165, 1.54) is 7.11 Å². The number of aromatic nitrogens is 3. The summed E-state index contributed by atoms with van der Waals surface area (Å²) in [4.78, 5) is 21.9. The number of esters is 1. The van der Waals surface area contributed by atoms with Gasteiger partial charge < -0.3 is 14.2 Å². The minimum absolute atomic E-state index is 0.176. The molecule has 0 aliphatic carbocycles. The summed E-state index contributed by atoms with van der Waals surface area (Å²) in [7, 11) is 3.31. The number of imidazole rings is 1. The second-order valence-corrected chi connectivity index (χ2v) is 3.95. The lowest BCUT2D eigenvalue weighted by Gasteiger charge is -2.20. The first-order valence-electron chi connectivity index (χ1n) is 5.75. The Morgan fingerprint density at radius 2 is 2.28 bits per heavy atom. The summed E-state index contributed by atoms with van der Waals surface area (Å²) in [6, 6.07) is 1.90. The molecule has 6 nitrogen and oxygen atoms in total. The molecule has 0 saturated heterocycles. The molecule has 0 radical (unpaired) electrons. The minimum Gasteiger partial charge on any atom is -0.468 e. The van der Waals surface area contributed by atoms with Gasteiger partial charge >= 0.3 is 5.97 Å². The van der Waals surface area contributed by atoms with E-state index in [4.69, 9.17) is 0 Å². The van der Waals surface area contributed by atoms with Crippen molar-refractivity contribution in [2.24, 2.45) is 7.05 Å². The molecule has 18 heavy (non-hydrogen) atoms. The highest BCUT2D eigenvalue weighted by atomic mass is 16.5. The predicted octanol–water partition coefficient (Wildman–Crippen LogP) is 0.968. The number of fused-ring (bicyclic) bond motifs is 1. The average Bonchev–Trinajstić information content (AvgIpc) is 2.78. The topological polar surface area (TPSA) is 60.3 Å². The molecule has 2 rings (SSSR count). The summed E-state index contributed by atoms with van der Waals surface area (Å²) in [5.74, 6) is 0.424. The molecule has 2 heterocycles. The highest BCUT2D eigenvalue weighted by Gasteiger charge is 2.16. The Hall–Kier alpha value is -2.11. The van der Waals surface area contributed by atoms with Crippen molar-refractivity contribution in [2.45, 2.75) is 6.92 Å². The lowest BCUT2D eigenvalue weighted by Crippen LogP contribution is -2.31. The fourth-order valence-corrected chi connectivity index (χ4v) is 1.84. The Morgan fingerprint density at radius 3 is 2.94 bits per heavy atom. The largest absolute Gasteiger partial charge is 0.468 e. The van der Waals surface area contributed by atoms with Crippen LogP contribution in [0.25, 0.3) is 11.0 Å². The van der Waals surface area contributed by atoms with Crippen molar-refractivity contribution in [2.75, 3.05) is 25.1 Å². The Balaban J connectivity index is 2.41. The lowest BCUT2D eigenvalue weighted by molar-refractivity contribution is -0.138. The third kappa shape index (κ3) is 2.13. The first-order valence-corrected chi connectivity index (χ1v) is 5.75. The molecule has 2 aromatic rings. The fraction of sp³-hybridized carbons (Fsp3) is 0.417. The minimum atomic E-state index is -0.286. The van der Waals surface area contributed by atoms with Gasteiger partial charge in [-0.05, 0) is 13.0 Å². The van der Waals surface area contributed by atoms with E-state index in [1.807, 2.05) is 29.5 Å². The van der Waals surface area contributed by atoms with Crippen molar-refractivity contribution in [3.8, 4) is 0 Å². The maximum Gasteiger partial charge on any atom is 0.325 e. The Morgan fingerprint density at radius 1 is 1.50 bits per heavy atom. The molecular weight excluding hydrogens is 232 g/mol. The summed E-state index contributed by atoms with van der Waals surface area (Å²) in [5, 5.41) is 0. The molecule has 0 unspecified atom stereocenters. The third-order valence-electron chi connectivity index (χ3n) is 2.85. The molecule has 0 aromatic carbocycles. The molecule has 96 valence electrons. The van der Waals surface area contributed by atoms with Crippen molar-refractivity contribution >= 4 is 22.8 Å². The molecule has 0 spiro atoms. The molecule has 0 saturated carbocycles. The number of carbonyl (C=O) groups is 1. The number of anilines is 1. The molecule has 0 amide bonds. The van der Waals surface area contributed by atoms with Gasteiger partial charge in [0.2, 0.25) is 0 Å². The second kappa shape index (κ2) is 5.03. The van der Waals surface area contributed by atoms with Gasteiger partial charge in [-0.15, -0.1) is 0 Å². The van der Waals surface area contributed by atoms with E-state index in [-0.39, 0.29) is 12.5 Å². The summed E-state index contributed by atoms with van der Waals surface area (Å²) in [5.41, 5.74) is 1.79. The van der Waals surface area contributed by atoms with Crippen LogP contribution in [0.15, 0.2) is 18.6 Å². The van der Waals surface area contributed by atoms with Gasteiger partial charge in [-0.25, -0.2) is 9.97 Å². The average molecular weight is 248 g/mol. The predicted molar refractivity (Wildman–Crippen MR) is 68.4 cm³/mol. The van der Waals surface area contributed by atoms with E-state index in [0.717, 1.165) is 11.0 Å². The molecule has 0 aliphatic heterocycles. The summed E-state index contributed by atoms with van der Waals surface area (Å²) in [6.45, 7) is 2.81. The number of methoxy groups -OCH3 is 1. The van der Waals surface area contributed by atoms with Crippen molar-refractivity contribution in [1.82, 2.24) is 14.5 Å². The SMILES string of the molecule is CCN(CC(=O)OC)c1nccc2c1ncn2C. The highest BCUT2D eigenvalue weighted by molar-refractivity contribution is 5.88. The zero-order valence-electron chi connectivity index (χ0n) is 10.8. The third-order valence-corrected chi connectivity index (χ3v) is 2.85. The van der Waals surface area contributed by atoms with Crippen LogP contribution in [0.4, 0.5) is 5.82 Å². The quantitative estimate of drug-likeness (QED) is 0.754. The lowest BCUT2D eigenvalue weighted by atomic mass is 10.3. The normalized spacial score (nSPS) is 10.6. The van der Waals surface area contributed by atoms with Crippen molar-refractivity contribution < 1.29 is 9.53 Å². The first-order chi connectivity index (χ1) is 8.67. The zero-order chi connectivity index (χ0) is 13.1. The number of carbonyl (C=O) groups excluding carboxylic acids is 1. The molecular formula is C12H16N4O2.